The molecular formula is C18H24N2O. The Labute approximate surface area is 127 Å². The van der Waals surface area contributed by atoms with Gasteiger partial charge in [0.15, 0.2) is 0 Å². The van der Waals surface area contributed by atoms with Gasteiger partial charge in [-0.05, 0) is 41.7 Å². The molecule has 0 bridgehead atoms. The van der Waals surface area contributed by atoms with Crippen LogP contribution in [-0.2, 0) is 0 Å². The zero-order valence-electron chi connectivity index (χ0n) is 13.0. The monoisotopic (exact) mass is 284 g/mol. The summed E-state index contributed by atoms with van der Waals surface area (Å²) in [5.41, 5.74) is 6.47. The SMILES string of the molecule is CCOc1cccc(C(NN)c2ccc(C(C)C)cc2)c1. The molecule has 3 N–H and O–H groups in total. The van der Waals surface area contributed by atoms with Gasteiger partial charge in [0.25, 0.3) is 0 Å². The maximum Gasteiger partial charge on any atom is 0.119 e. The number of nitrogens with one attached hydrogen (secondary N) is 1. The molecule has 3 nitrogen and oxygen atoms in total. The first-order chi connectivity index (χ1) is 10.2. The maximum atomic E-state index is 5.77. The minimum atomic E-state index is -0.0355. The van der Waals surface area contributed by atoms with Crippen molar-refractivity contribution in [3.63, 3.8) is 0 Å². The van der Waals surface area contributed by atoms with E-state index in [9.17, 15) is 0 Å². The van der Waals surface area contributed by atoms with E-state index in [-0.39, 0.29) is 6.04 Å². The molecule has 0 aromatic heterocycles. The second kappa shape index (κ2) is 7.25. The first-order valence-corrected chi connectivity index (χ1v) is 7.44. The summed E-state index contributed by atoms with van der Waals surface area (Å²) in [4.78, 5) is 0. The molecule has 0 radical (unpaired) electrons. The van der Waals surface area contributed by atoms with Gasteiger partial charge in [-0.15, -0.1) is 0 Å². The molecule has 0 amide bonds. The van der Waals surface area contributed by atoms with Crippen molar-refractivity contribution in [2.75, 3.05) is 6.61 Å². The van der Waals surface area contributed by atoms with E-state index in [1.54, 1.807) is 0 Å². The molecule has 0 aliphatic carbocycles. The molecule has 0 saturated heterocycles. The molecule has 0 fully saturated rings. The van der Waals surface area contributed by atoms with Gasteiger partial charge < -0.3 is 4.74 Å². The average Bonchev–Trinajstić information content (AvgIpc) is 2.49. The van der Waals surface area contributed by atoms with E-state index in [1.807, 2.05) is 25.1 Å². The average molecular weight is 284 g/mol. The number of hydrogen-bond acceptors (Lipinski definition) is 3. The van der Waals surface area contributed by atoms with Gasteiger partial charge in [0.1, 0.15) is 5.75 Å². The first-order valence-electron chi connectivity index (χ1n) is 7.44. The van der Waals surface area contributed by atoms with Crippen LogP contribution in [-0.4, -0.2) is 6.61 Å². The van der Waals surface area contributed by atoms with Crippen molar-refractivity contribution in [1.82, 2.24) is 5.43 Å². The number of hydrazine groups is 1. The Hall–Kier alpha value is -1.84. The highest BCUT2D eigenvalue weighted by Crippen LogP contribution is 2.26. The van der Waals surface area contributed by atoms with Crippen LogP contribution in [0.4, 0.5) is 0 Å². The summed E-state index contributed by atoms with van der Waals surface area (Å²) in [7, 11) is 0. The fraction of sp³-hybridized carbons (Fsp3) is 0.333. The molecule has 2 aromatic carbocycles. The van der Waals surface area contributed by atoms with E-state index < -0.39 is 0 Å². The number of ether oxygens (including phenoxy) is 1. The normalized spacial score (nSPS) is 12.4. The molecule has 21 heavy (non-hydrogen) atoms. The lowest BCUT2D eigenvalue weighted by atomic mass is 9.95. The van der Waals surface area contributed by atoms with Crippen molar-refractivity contribution < 1.29 is 4.74 Å². The van der Waals surface area contributed by atoms with Gasteiger partial charge in [0, 0.05) is 0 Å². The highest BCUT2D eigenvalue weighted by Gasteiger charge is 2.13. The van der Waals surface area contributed by atoms with E-state index in [0.717, 1.165) is 16.9 Å². The number of hydrogen-bond donors (Lipinski definition) is 2. The topological polar surface area (TPSA) is 47.3 Å². The van der Waals surface area contributed by atoms with Crippen molar-refractivity contribution in [1.29, 1.82) is 0 Å². The van der Waals surface area contributed by atoms with Crippen LogP contribution in [0.5, 0.6) is 5.75 Å². The second-order valence-electron chi connectivity index (χ2n) is 5.43. The summed E-state index contributed by atoms with van der Waals surface area (Å²) in [6.45, 7) is 7.03. The third-order valence-corrected chi connectivity index (χ3v) is 3.61. The van der Waals surface area contributed by atoms with Crippen LogP contribution in [0.1, 0.15) is 49.4 Å². The summed E-state index contributed by atoms with van der Waals surface area (Å²) in [5, 5.41) is 0. The van der Waals surface area contributed by atoms with E-state index >= 15 is 0 Å². The molecule has 2 rings (SSSR count). The van der Waals surface area contributed by atoms with Gasteiger partial charge in [0.05, 0.1) is 12.6 Å². The predicted octanol–water partition coefficient (Wildman–Crippen LogP) is 3.76. The van der Waals surface area contributed by atoms with Crippen LogP contribution in [0, 0.1) is 0 Å². The molecule has 3 heteroatoms. The van der Waals surface area contributed by atoms with E-state index in [0.29, 0.717) is 12.5 Å². The van der Waals surface area contributed by atoms with Gasteiger partial charge in [-0.25, -0.2) is 5.43 Å². The number of benzene rings is 2. The van der Waals surface area contributed by atoms with E-state index in [1.165, 1.54) is 5.56 Å². The first kappa shape index (κ1) is 15.5. The molecule has 1 atom stereocenters. The summed E-state index contributed by atoms with van der Waals surface area (Å²) in [6.07, 6.45) is 0. The van der Waals surface area contributed by atoms with Crippen LogP contribution in [0.25, 0.3) is 0 Å². The maximum absolute atomic E-state index is 5.77. The largest absolute Gasteiger partial charge is 0.494 e. The zero-order valence-corrected chi connectivity index (χ0v) is 13.0. The molecule has 1 unspecified atom stereocenters. The Morgan fingerprint density at radius 3 is 2.24 bits per heavy atom. The molecular weight excluding hydrogens is 260 g/mol. The molecule has 0 aliphatic rings. The summed E-state index contributed by atoms with van der Waals surface area (Å²) < 4.78 is 5.56. The van der Waals surface area contributed by atoms with Crippen LogP contribution in [0.2, 0.25) is 0 Å². The molecule has 0 heterocycles. The lowest BCUT2D eigenvalue weighted by Crippen LogP contribution is -2.28. The molecule has 0 aliphatic heterocycles. The predicted molar refractivity (Wildman–Crippen MR) is 87.3 cm³/mol. The molecule has 112 valence electrons. The van der Waals surface area contributed by atoms with Crippen molar-refractivity contribution >= 4 is 0 Å². The van der Waals surface area contributed by atoms with Crippen LogP contribution in [0.15, 0.2) is 48.5 Å². The summed E-state index contributed by atoms with van der Waals surface area (Å²) in [5.74, 6) is 7.17. The van der Waals surface area contributed by atoms with Gasteiger partial charge in [-0.3, -0.25) is 5.84 Å². The Morgan fingerprint density at radius 2 is 1.67 bits per heavy atom. The Kier molecular flexibility index (Phi) is 5.37. The third-order valence-electron chi connectivity index (χ3n) is 3.61. The zero-order chi connectivity index (χ0) is 15.2. The second-order valence-corrected chi connectivity index (χ2v) is 5.43. The lowest BCUT2D eigenvalue weighted by molar-refractivity contribution is 0.339. The standard InChI is InChI=1S/C18H24N2O/c1-4-21-17-7-5-6-16(12-17)18(20-19)15-10-8-14(9-11-15)13(2)3/h5-13,18,20H,4,19H2,1-3H3. The summed E-state index contributed by atoms with van der Waals surface area (Å²) >= 11 is 0. The number of nitrogens with two attached hydrogens (primary N) is 1. The minimum absolute atomic E-state index is 0.0355. The van der Waals surface area contributed by atoms with Gasteiger partial charge in [-0.2, -0.15) is 0 Å². The molecule has 0 saturated carbocycles. The van der Waals surface area contributed by atoms with Crippen LogP contribution >= 0.6 is 0 Å². The van der Waals surface area contributed by atoms with Gasteiger partial charge >= 0.3 is 0 Å². The highest BCUT2D eigenvalue weighted by molar-refractivity contribution is 5.37. The lowest BCUT2D eigenvalue weighted by Gasteiger charge is -2.18. The number of rotatable bonds is 6. The molecule has 2 aromatic rings. The summed E-state index contributed by atoms with van der Waals surface area (Å²) in [6, 6.07) is 16.6. The smallest absolute Gasteiger partial charge is 0.119 e. The Morgan fingerprint density at radius 1 is 1.00 bits per heavy atom. The fourth-order valence-corrected chi connectivity index (χ4v) is 2.41. The van der Waals surface area contributed by atoms with Gasteiger partial charge in [-0.1, -0.05) is 50.2 Å². The Bertz CT molecular complexity index is 564. The highest BCUT2D eigenvalue weighted by atomic mass is 16.5. The third kappa shape index (κ3) is 3.84. The van der Waals surface area contributed by atoms with Crippen molar-refractivity contribution in [2.45, 2.75) is 32.7 Å². The Balaban J connectivity index is 2.28. The van der Waals surface area contributed by atoms with Gasteiger partial charge in [0.2, 0.25) is 0 Å². The molecule has 0 spiro atoms. The van der Waals surface area contributed by atoms with Crippen LogP contribution < -0.4 is 16.0 Å². The van der Waals surface area contributed by atoms with Crippen molar-refractivity contribution in [2.24, 2.45) is 5.84 Å². The van der Waals surface area contributed by atoms with Crippen LogP contribution in [0.3, 0.4) is 0 Å². The van der Waals surface area contributed by atoms with E-state index in [2.05, 4.69) is 49.6 Å². The van der Waals surface area contributed by atoms with Crippen molar-refractivity contribution in [3.05, 3.63) is 65.2 Å². The quantitative estimate of drug-likeness (QED) is 0.627. The fourth-order valence-electron chi connectivity index (χ4n) is 2.41. The van der Waals surface area contributed by atoms with E-state index in [4.69, 9.17) is 10.6 Å². The van der Waals surface area contributed by atoms with Crippen molar-refractivity contribution in [3.8, 4) is 5.75 Å². The minimum Gasteiger partial charge on any atom is -0.494 e.